The summed E-state index contributed by atoms with van der Waals surface area (Å²) in [5.74, 6) is 0.898. The summed E-state index contributed by atoms with van der Waals surface area (Å²) >= 11 is 0. The number of carbonyl (C=O) groups is 1. The van der Waals surface area contributed by atoms with Crippen molar-refractivity contribution < 1.29 is 9.90 Å². The lowest BCUT2D eigenvalue weighted by Gasteiger charge is -2.13. The first-order valence-corrected chi connectivity index (χ1v) is 6.70. The molecule has 3 nitrogen and oxygen atoms in total. The molecule has 1 aromatic carbocycles. The molecule has 1 rings (SSSR count). The Morgan fingerprint density at radius 1 is 1.28 bits per heavy atom. The average Bonchev–Trinajstić information content (AvgIpc) is 2.39. The molecule has 0 fully saturated rings. The number of aromatic hydroxyl groups is 1. The van der Waals surface area contributed by atoms with Crippen molar-refractivity contribution in [3.8, 4) is 5.75 Å². The molecule has 1 aromatic rings. The summed E-state index contributed by atoms with van der Waals surface area (Å²) in [6.45, 7) is 5.04. The molecular weight excluding hydrogens is 226 g/mol. The Morgan fingerprint density at radius 2 is 1.94 bits per heavy atom. The maximum atomic E-state index is 11.7. The normalized spacial score (nSPS) is 10.6. The third-order valence-corrected chi connectivity index (χ3v) is 3.36. The summed E-state index contributed by atoms with van der Waals surface area (Å²) in [5, 5.41) is 12.5. The van der Waals surface area contributed by atoms with Gasteiger partial charge in [-0.2, -0.15) is 0 Å². The van der Waals surface area contributed by atoms with E-state index in [4.69, 9.17) is 0 Å². The van der Waals surface area contributed by atoms with Crippen LogP contribution in [0.25, 0.3) is 0 Å². The second-order valence-electron chi connectivity index (χ2n) is 4.62. The number of rotatable bonds is 7. The predicted molar refractivity (Wildman–Crippen MR) is 73.5 cm³/mol. The predicted octanol–water partition coefficient (Wildman–Crippen LogP) is 2.88. The van der Waals surface area contributed by atoms with Gasteiger partial charge in [-0.05, 0) is 24.0 Å². The van der Waals surface area contributed by atoms with Gasteiger partial charge in [0, 0.05) is 13.0 Å². The van der Waals surface area contributed by atoms with Crippen LogP contribution in [0.15, 0.2) is 24.3 Å². The van der Waals surface area contributed by atoms with E-state index < -0.39 is 0 Å². The number of phenols is 1. The van der Waals surface area contributed by atoms with Gasteiger partial charge in [-0.3, -0.25) is 4.79 Å². The van der Waals surface area contributed by atoms with Gasteiger partial charge in [-0.15, -0.1) is 0 Å². The fourth-order valence-corrected chi connectivity index (χ4v) is 1.89. The molecule has 0 saturated heterocycles. The van der Waals surface area contributed by atoms with Gasteiger partial charge in [0.1, 0.15) is 5.75 Å². The molecule has 0 aliphatic heterocycles. The van der Waals surface area contributed by atoms with Gasteiger partial charge in [-0.1, -0.05) is 44.9 Å². The summed E-state index contributed by atoms with van der Waals surface area (Å²) < 4.78 is 0. The molecule has 100 valence electrons. The number of para-hydroxylation sites is 1. The number of amides is 1. The summed E-state index contributed by atoms with van der Waals surface area (Å²) in [7, 11) is 0. The summed E-state index contributed by atoms with van der Waals surface area (Å²) in [6.07, 6.45) is 3.20. The first-order chi connectivity index (χ1) is 8.67. The Bertz CT molecular complexity index is 373. The Balaban J connectivity index is 2.31. The first-order valence-electron chi connectivity index (χ1n) is 6.70. The molecule has 1 amide bonds. The molecular formula is C15H23NO2. The molecule has 18 heavy (non-hydrogen) atoms. The van der Waals surface area contributed by atoms with Crippen LogP contribution in [0.2, 0.25) is 0 Å². The topological polar surface area (TPSA) is 49.3 Å². The molecule has 0 aromatic heterocycles. The van der Waals surface area contributed by atoms with E-state index in [1.54, 1.807) is 12.1 Å². The SMILES string of the molecule is CCC(CC)CNC(=O)CCc1ccccc1O. The highest BCUT2D eigenvalue weighted by atomic mass is 16.3. The Morgan fingerprint density at radius 3 is 2.56 bits per heavy atom. The van der Waals surface area contributed by atoms with E-state index in [-0.39, 0.29) is 11.7 Å². The van der Waals surface area contributed by atoms with Crippen molar-refractivity contribution in [3.63, 3.8) is 0 Å². The number of benzene rings is 1. The minimum absolute atomic E-state index is 0.0603. The van der Waals surface area contributed by atoms with E-state index in [2.05, 4.69) is 19.2 Å². The largest absolute Gasteiger partial charge is 0.508 e. The highest BCUT2D eigenvalue weighted by Crippen LogP contribution is 2.17. The smallest absolute Gasteiger partial charge is 0.220 e. The van der Waals surface area contributed by atoms with Crippen LogP contribution in [0.1, 0.15) is 38.7 Å². The van der Waals surface area contributed by atoms with E-state index in [1.165, 1.54) is 0 Å². The lowest BCUT2D eigenvalue weighted by molar-refractivity contribution is -0.121. The third kappa shape index (κ3) is 4.78. The first kappa shape index (κ1) is 14.6. The molecule has 0 unspecified atom stereocenters. The van der Waals surface area contributed by atoms with Gasteiger partial charge in [0.15, 0.2) is 0 Å². The van der Waals surface area contributed by atoms with E-state index in [0.29, 0.717) is 18.8 Å². The summed E-state index contributed by atoms with van der Waals surface area (Å²) in [6, 6.07) is 7.16. The molecule has 2 N–H and O–H groups in total. The Kier molecular flexibility index (Phi) is 6.26. The van der Waals surface area contributed by atoms with E-state index in [9.17, 15) is 9.90 Å². The van der Waals surface area contributed by atoms with E-state index >= 15 is 0 Å². The van der Waals surface area contributed by atoms with Crippen molar-refractivity contribution in [1.82, 2.24) is 5.32 Å². The fraction of sp³-hybridized carbons (Fsp3) is 0.533. The summed E-state index contributed by atoms with van der Waals surface area (Å²) in [4.78, 5) is 11.7. The van der Waals surface area contributed by atoms with Gasteiger partial charge in [0.05, 0.1) is 0 Å². The second kappa shape index (κ2) is 7.75. The maximum Gasteiger partial charge on any atom is 0.220 e. The molecule has 0 aliphatic carbocycles. The zero-order chi connectivity index (χ0) is 13.4. The highest BCUT2D eigenvalue weighted by molar-refractivity contribution is 5.76. The second-order valence-corrected chi connectivity index (χ2v) is 4.62. The number of aryl methyl sites for hydroxylation is 1. The average molecular weight is 249 g/mol. The number of hydrogen-bond acceptors (Lipinski definition) is 2. The number of hydrogen-bond donors (Lipinski definition) is 2. The number of phenolic OH excluding ortho intramolecular Hbond substituents is 1. The molecule has 0 heterocycles. The number of nitrogens with one attached hydrogen (secondary N) is 1. The Hall–Kier alpha value is -1.51. The van der Waals surface area contributed by atoms with E-state index in [0.717, 1.165) is 24.9 Å². The minimum atomic E-state index is 0.0603. The zero-order valence-corrected chi connectivity index (χ0v) is 11.3. The lowest BCUT2D eigenvalue weighted by Crippen LogP contribution is -2.29. The van der Waals surface area contributed by atoms with Crippen LogP contribution in [0.3, 0.4) is 0 Å². The Labute approximate surface area is 109 Å². The maximum absolute atomic E-state index is 11.7. The van der Waals surface area contributed by atoms with Crippen molar-refractivity contribution in [2.75, 3.05) is 6.54 Å². The fourth-order valence-electron chi connectivity index (χ4n) is 1.89. The molecule has 0 atom stereocenters. The van der Waals surface area contributed by atoms with Crippen molar-refractivity contribution in [2.45, 2.75) is 39.5 Å². The van der Waals surface area contributed by atoms with Gasteiger partial charge in [-0.25, -0.2) is 0 Å². The molecule has 0 spiro atoms. The molecule has 3 heteroatoms. The third-order valence-electron chi connectivity index (χ3n) is 3.36. The quantitative estimate of drug-likeness (QED) is 0.780. The molecule has 0 aliphatic rings. The van der Waals surface area contributed by atoms with Crippen LogP contribution in [0.5, 0.6) is 5.75 Å². The van der Waals surface area contributed by atoms with Crippen molar-refractivity contribution in [1.29, 1.82) is 0 Å². The highest BCUT2D eigenvalue weighted by Gasteiger charge is 2.07. The monoisotopic (exact) mass is 249 g/mol. The van der Waals surface area contributed by atoms with Gasteiger partial charge in [0.2, 0.25) is 5.91 Å². The molecule has 0 bridgehead atoms. The zero-order valence-electron chi connectivity index (χ0n) is 11.3. The molecule has 0 radical (unpaired) electrons. The summed E-state index contributed by atoms with van der Waals surface area (Å²) in [5.41, 5.74) is 0.829. The molecule has 0 saturated carbocycles. The van der Waals surface area contributed by atoms with Gasteiger partial charge in [0.25, 0.3) is 0 Å². The minimum Gasteiger partial charge on any atom is -0.508 e. The standard InChI is InChI=1S/C15H23NO2/c1-3-12(4-2)11-16-15(18)10-9-13-7-5-6-8-14(13)17/h5-8,12,17H,3-4,9-11H2,1-2H3,(H,16,18). The van der Waals surface area contributed by atoms with Crippen LogP contribution < -0.4 is 5.32 Å². The van der Waals surface area contributed by atoms with E-state index in [1.807, 2.05) is 12.1 Å². The van der Waals surface area contributed by atoms with Crippen LogP contribution in [0.4, 0.5) is 0 Å². The van der Waals surface area contributed by atoms with Crippen molar-refractivity contribution in [3.05, 3.63) is 29.8 Å². The lowest BCUT2D eigenvalue weighted by atomic mass is 10.0. The van der Waals surface area contributed by atoms with Crippen LogP contribution in [-0.2, 0) is 11.2 Å². The van der Waals surface area contributed by atoms with Crippen molar-refractivity contribution in [2.24, 2.45) is 5.92 Å². The van der Waals surface area contributed by atoms with Crippen LogP contribution in [-0.4, -0.2) is 17.6 Å². The van der Waals surface area contributed by atoms with Crippen molar-refractivity contribution >= 4 is 5.91 Å². The van der Waals surface area contributed by atoms with Crippen LogP contribution >= 0.6 is 0 Å². The van der Waals surface area contributed by atoms with Gasteiger partial charge < -0.3 is 10.4 Å². The number of carbonyl (C=O) groups excluding carboxylic acids is 1. The van der Waals surface area contributed by atoms with Crippen LogP contribution in [0, 0.1) is 5.92 Å². The van der Waals surface area contributed by atoms with Gasteiger partial charge >= 0.3 is 0 Å².